The van der Waals surface area contributed by atoms with Gasteiger partial charge in [-0.2, -0.15) is 0 Å². The summed E-state index contributed by atoms with van der Waals surface area (Å²) in [6.07, 6.45) is 2.12. The zero-order valence-corrected chi connectivity index (χ0v) is 12.3. The van der Waals surface area contributed by atoms with Crippen LogP contribution in [-0.4, -0.2) is 30.1 Å². The van der Waals surface area contributed by atoms with Gasteiger partial charge in [0.1, 0.15) is 0 Å². The Kier molecular flexibility index (Phi) is 4.96. The summed E-state index contributed by atoms with van der Waals surface area (Å²) in [5.41, 5.74) is 1.24. The molecule has 5 nitrogen and oxygen atoms in total. The van der Waals surface area contributed by atoms with Crippen LogP contribution in [0.5, 0.6) is 0 Å². The molecule has 1 heterocycles. The molecule has 21 heavy (non-hydrogen) atoms. The molecule has 2 rings (SSSR count). The Morgan fingerprint density at radius 3 is 2.62 bits per heavy atom. The van der Waals surface area contributed by atoms with Gasteiger partial charge in [0, 0.05) is 17.5 Å². The van der Waals surface area contributed by atoms with E-state index in [1.54, 1.807) is 0 Å². The fourth-order valence-electron chi connectivity index (χ4n) is 2.58. The number of carbonyl (C=O) groups excluding carboxylic acids is 1. The van der Waals surface area contributed by atoms with Crippen molar-refractivity contribution in [3.05, 3.63) is 29.8 Å². The maximum atomic E-state index is 12.5. The largest absolute Gasteiger partial charge is 0.481 e. The third-order valence-corrected chi connectivity index (χ3v) is 4.13. The second-order valence-corrected chi connectivity index (χ2v) is 5.82. The van der Waals surface area contributed by atoms with E-state index in [1.165, 1.54) is 0 Å². The van der Waals surface area contributed by atoms with E-state index in [1.807, 2.05) is 31.2 Å². The van der Waals surface area contributed by atoms with Crippen LogP contribution >= 0.6 is 0 Å². The van der Waals surface area contributed by atoms with Gasteiger partial charge in [0.2, 0.25) is 5.91 Å². The van der Waals surface area contributed by atoms with E-state index in [0.717, 1.165) is 37.2 Å². The van der Waals surface area contributed by atoms with Gasteiger partial charge in [-0.3, -0.25) is 9.59 Å². The lowest BCUT2D eigenvalue weighted by atomic mass is 9.80. The summed E-state index contributed by atoms with van der Waals surface area (Å²) in [6, 6.07) is 7.41. The smallest absolute Gasteiger partial charge is 0.303 e. The average Bonchev–Trinajstić information content (AvgIpc) is 2.47. The number of para-hydroxylation sites is 1. The fourth-order valence-corrected chi connectivity index (χ4v) is 2.58. The quantitative estimate of drug-likeness (QED) is 0.775. The molecule has 0 spiro atoms. The van der Waals surface area contributed by atoms with Gasteiger partial charge in [-0.1, -0.05) is 25.1 Å². The predicted molar refractivity (Wildman–Crippen MR) is 81.2 cm³/mol. The van der Waals surface area contributed by atoms with Crippen LogP contribution < -0.4 is 10.6 Å². The van der Waals surface area contributed by atoms with E-state index < -0.39 is 5.97 Å². The number of aryl methyl sites for hydroxylation is 1. The van der Waals surface area contributed by atoms with Crippen molar-refractivity contribution in [2.24, 2.45) is 5.41 Å². The Morgan fingerprint density at radius 2 is 1.95 bits per heavy atom. The molecular formula is C16H22N2O3. The van der Waals surface area contributed by atoms with E-state index in [2.05, 4.69) is 10.6 Å². The molecule has 1 fully saturated rings. The molecule has 0 radical (unpaired) electrons. The molecule has 1 amide bonds. The maximum absolute atomic E-state index is 12.5. The average molecular weight is 290 g/mol. The zero-order valence-electron chi connectivity index (χ0n) is 12.3. The van der Waals surface area contributed by atoms with Crippen molar-refractivity contribution < 1.29 is 14.7 Å². The molecule has 114 valence electrons. The summed E-state index contributed by atoms with van der Waals surface area (Å²) in [6.45, 7) is 3.69. The highest BCUT2D eigenvalue weighted by Gasteiger charge is 2.34. The lowest BCUT2D eigenvalue weighted by Crippen LogP contribution is -2.42. The maximum Gasteiger partial charge on any atom is 0.303 e. The highest BCUT2D eigenvalue weighted by Crippen LogP contribution is 2.30. The van der Waals surface area contributed by atoms with Gasteiger partial charge in [-0.15, -0.1) is 0 Å². The van der Waals surface area contributed by atoms with Crippen LogP contribution in [0.1, 0.15) is 31.7 Å². The molecule has 0 unspecified atom stereocenters. The van der Waals surface area contributed by atoms with Gasteiger partial charge in [-0.05, 0) is 44.0 Å². The van der Waals surface area contributed by atoms with Crippen molar-refractivity contribution in [1.29, 1.82) is 0 Å². The van der Waals surface area contributed by atoms with Crippen molar-refractivity contribution in [3.63, 3.8) is 0 Å². The molecule has 0 saturated carbocycles. The number of carbonyl (C=O) groups is 2. The molecular weight excluding hydrogens is 268 g/mol. The van der Waals surface area contributed by atoms with Gasteiger partial charge >= 0.3 is 5.97 Å². The monoisotopic (exact) mass is 290 g/mol. The summed E-state index contributed by atoms with van der Waals surface area (Å²) < 4.78 is 0. The van der Waals surface area contributed by atoms with E-state index >= 15 is 0 Å². The first kappa shape index (κ1) is 15.5. The van der Waals surface area contributed by atoms with Crippen molar-refractivity contribution in [1.82, 2.24) is 5.32 Å². The molecule has 1 aliphatic rings. The van der Waals surface area contributed by atoms with Crippen LogP contribution in [0.2, 0.25) is 0 Å². The van der Waals surface area contributed by atoms with Gasteiger partial charge in [0.05, 0.1) is 0 Å². The SMILES string of the molecule is CC1(C(=O)Nc2ccccc2CCC(=O)O)CCNCC1. The number of aliphatic carboxylic acids is 1. The minimum absolute atomic E-state index is 0.0202. The van der Waals surface area contributed by atoms with Crippen LogP contribution in [0, 0.1) is 5.41 Å². The number of carboxylic acids is 1. The number of benzene rings is 1. The van der Waals surface area contributed by atoms with E-state index in [9.17, 15) is 9.59 Å². The molecule has 0 atom stereocenters. The summed E-state index contributed by atoms with van der Waals surface area (Å²) in [5.74, 6) is -0.812. The van der Waals surface area contributed by atoms with Gasteiger partial charge in [-0.25, -0.2) is 0 Å². The third-order valence-electron chi connectivity index (χ3n) is 4.13. The third kappa shape index (κ3) is 4.04. The molecule has 1 saturated heterocycles. The van der Waals surface area contributed by atoms with Gasteiger partial charge in [0.25, 0.3) is 0 Å². The van der Waals surface area contributed by atoms with Gasteiger partial charge < -0.3 is 15.7 Å². The fraction of sp³-hybridized carbons (Fsp3) is 0.500. The molecule has 1 aromatic carbocycles. The van der Waals surface area contributed by atoms with Crippen LogP contribution in [0.3, 0.4) is 0 Å². The Bertz CT molecular complexity index is 522. The van der Waals surface area contributed by atoms with E-state index in [-0.39, 0.29) is 17.7 Å². The topological polar surface area (TPSA) is 78.4 Å². The standard InChI is InChI=1S/C16H22N2O3/c1-16(8-10-17-11-9-16)15(21)18-13-5-3-2-4-12(13)6-7-14(19)20/h2-5,17H,6-11H2,1H3,(H,18,21)(H,19,20). The van der Waals surface area contributed by atoms with E-state index in [0.29, 0.717) is 6.42 Å². The molecule has 1 aromatic rings. The summed E-state index contributed by atoms with van der Waals surface area (Å²) >= 11 is 0. The minimum atomic E-state index is -0.832. The van der Waals surface area contributed by atoms with Crippen LogP contribution in [-0.2, 0) is 16.0 Å². The number of anilines is 1. The minimum Gasteiger partial charge on any atom is -0.481 e. The second kappa shape index (κ2) is 6.72. The van der Waals surface area contributed by atoms with E-state index in [4.69, 9.17) is 5.11 Å². The number of hydrogen-bond donors (Lipinski definition) is 3. The molecule has 0 aromatic heterocycles. The lowest BCUT2D eigenvalue weighted by Gasteiger charge is -2.32. The number of piperidine rings is 1. The number of rotatable bonds is 5. The number of amides is 1. The first-order chi connectivity index (χ1) is 10.0. The summed E-state index contributed by atoms with van der Waals surface area (Å²) in [7, 11) is 0. The second-order valence-electron chi connectivity index (χ2n) is 5.82. The Labute approximate surface area is 124 Å². The predicted octanol–water partition coefficient (Wildman–Crippen LogP) is 2.03. The number of carboxylic acid groups (broad SMARTS) is 1. The summed E-state index contributed by atoms with van der Waals surface area (Å²) in [5, 5.41) is 15.0. The molecule has 0 aliphatic carbocycles. The highest BCUT2D eigenvalue weighted by molar-refractivity contribution is 5.95. The number of hydrogen-bond acceptors (Lipinski definition) is 3. The first-order valence-electron chi connectivity index (χ1n) is 7.33. The molecule has 3 N–H and O–H groups in total. The van der Waals surface area contributed by atoms with Gasteiger partial charge in [0.15, 0.2) is 0 Å². The molecule has 5 heteroatoms. The van der Waals surface area contributed by atoms with Crippen LogP contribution in [0.25, 0.3) is 0 Å². The number of nitrogens with one attached hydrogen (secondary N) is 2. The molecule has 1 aliphatic heterocycles. The van der Waals surface area contributed by atoms with Crippen molar-refractivity contribution in [2.75, 3.05) is 18.4 Å². The Morgan fingerprint density at radius 1 is 1.29 bits per heavy atom. The normalized spacial score (nSPS) is 17.2. The zero-order chi connectivity index (χ0) is 15.3. The van der Waals surface area contributed by atoms with Crippen molar-refractivity contribution in [2.45, 2.75) is 32.6 Å². The Balaban J connectivity index is 2.08. The van der Waals surface area contributed by atoms with Crippen molar-refractivity contribution in [3.8, 4) is 0 Å². The van der Waals surface area contributed by atoms with Crippen LogP contribution in [0.4, 0.5) is 5.69 Å². The molecule has 0 bridgehead atoms. The van der Waals surface area contributed by atoms with Crippen molar-refractivity contribution >= 4 is 17.6 Å². The van der Waals surface area contributed by atoms with Crippen LogP contribution in [0.15, 0.2) is 24.3 Å². The Hall–Kier alpha value is -1.88. The highest BCUT2D eigenvalue weighted by atomic mass is 16.4. The summed E-state index contributed by atoms with van der Waals surface area (Å²) in [4.78, 5) is 23.2. The lowest BCUT2D eigenvalue weighted by molar-refractivity contribution is -0.137. The first-order valence-corrected chi connectivity index (χ1v) is 7.33.